The molecule has 4 nitrogen and oxygen atoms in total. The van der Waals surface area contributed by atoms with Gasteiger partial charge in [-0.3, -0.25) is 4.21 Å². The number of anilines is 1. The maximum atomic E-state index is 12.4. The highest BCUT2D eigenvalue weighted by Gasteiger charge is 2.11. The van der Waals surface area contributed by atoms with Gasteiger partial charge < -0.3 is 10.5 Å². The van der Waals surface area contributed by atoms with Crippen LogP contribution in [-0.2, 0) is 16.6 Å². The SMILES string of the molecule is COc1ccc(CS(=O)c2cc(Cl)ccc2N)cc1C#N. The van der Waals surface area contributed by atoms with Crippen LogP contribution in [0, 0.1) is 11.3 Å². The smallest absolute Gasteiger partial charge is 0.136 e. The Bertz CT molecular complexity index is 741. The Morgan fingerprint density at radius 1 is 1.33 bits per heavy atom. The molecule has 0 aliphatic heterocycles. The van der Waals surface area contributed by atoms with E-state index in [4.69, 9.17) is 27.3 Å². The summed E-state index contributed by atoms with van der Waals surface area (Å²) in [6, 6.07) is 12.1. The van der Waals surface area contributed by atoms with E-state index in [0.717, 1.165) is 5.56 Å². The van der Waals surface area contributed by atoms with E-state index in [9.17, 15) is 4.21 Å². The van der Waals surface area contributed by atoms with Gasteiger partial charge in [0.1, 0.15) is 11.8 Å². The van der Waals surface area contributed by atoms with Crippen molar-refractivity contribution in [2.75, 3.05) is 12.8 Å². The molecule has 0 radical (unpaired) electrons. The zero-order valence-electron chi connectivity index (χ0n) is 11.3. The minimum Gasteiger partial charge on any atom is -0.495 e. The second-order valence-corrected chi connectivity index (χ2v) is 6.17. The van der Waals surface area contributed by atoms with E-state index in [1.165, 1.54) is 7.11 Å². The van der Waals surface area contributed by atoms with E-state index in [1.54, 1.807) is 36.4 Å². The average molecular weight is 321 g/mol. The van der Waals surface area contributed by atoms with Crippen molar-refractivity contribution >= 4 is 28.1 Å². The van der Waals surface area contributed by atoms with Gasteiger partial charge in [0.05, 0.1) is 34.1 Å². The fourth-order valence-electron chi connectivity index (χ4n) is 1.87. The molecule has 0 spiro atoms. The normalized spacial score (nSPS) is 11.7. The number of nitrogens with zero attached hydrogens (tertiary/aromatic N) is 1. The quantitative estimate of drug-likeness (QED) is 0.878. The Kier molecular flexibility index (Phi) is 4.84. The van der Waals surface area contributed by atoms with E-state index in [1.807, 2.05) is 0 Å². The summed E-state index contributed by atoms with van der Waals surface area (Å²) in [6.07, 6.45) is 0. The van der Waals surface area contributed by atoms with Crippen LogP contribution in [0.5, 0.6) is 5.75 Å². The fraction of sp³-hybridized carbons (Fsp3) is 0.133. The van der Waals surface area contributed by atoms with Crippen LogP contribution in [0.2, 0.25) is 5.02 Å². The van der Waals surface area contributed by atoms with Crippen molar-refractivity contribution in [3.8, 4) is 11.8 Å². The summed E-state index contributed by atoms with van der Waals surface area (Å²) in [7, 11) is 0.166. The third kappa shape index (κ3) is 3.54. The number of benzene rings is 2. The molecule has 1 atom stereocenters. The number of nitrogens with two attached hydrogens (primary N) is 1. The lowest BCUT2D eigenvalue weighted by Crippen LogP contribution is -2.01. The van der Waals surface area contributed by atoms with E-state index in [0.29, 0.717) is 26.9 Å². The van der Waals surface area contributed by atoms with Crippen molar-refractivity contribution in [1.29, 1.82) is 5.26 Å². The lowest BCUT2D eigenvalue weighted by molar-refractivity contribution is 0.413. The second-order valence-electron chi connectivity index (χ2n) is 4.32. The van der Waals surface area contributed by atoms with Crippen molar-refractivity contribution in [3.05, 3.63) is 52.5 Å². The van der Waals surface area contributed by atoms with Crippen molar-refractivity contribution in [1.82, 2.24) is 0 Å². The molecule has 0 saturated heterocycles. The number of hydrogen-bond donors (Lipinski definition) is 1. The van der Waals surface area contributed by atoms with Gasteiger partial charge >= 0.3 is 0 Å². The van der Waals surface area contributed by atoms with Gasteiger partial charge in [-0.25, -0.2) is 0 Å². The zero-order chi connectivity index (χ0) is 15.4. The van der Waals surface area contributed by atoms with Crippen LogP contribution in [0.1, 0.15) is 11.1 Å². The first-order valence-electron chi connectivity index (χ1n) is 6.05. The number of hydrogen-bond acceptors (Lipinski definition) is 4. The number of rotatable bonds is 4. The fourth-order valence-corrected chi connectivity index (χ4v) is 3.33. The maximum Gasteiger partial charge on any atom is 0.136 e. The molecule has 6 heteroatoms. The molecule has 108 valence electrons. The number of nitriles is 1. The summed E-state index contributed by atoms with van der Waals surface area (Å²) in [4.78, 5) is 0.497. The van der Waals surface area contributed by atoms with Crippen molar-refractivity contribution in [3.63, 3.8) is 0 Å². The molecule has 0 heterocycles. The molecular weight excluding hydrogens is 308 g/mol. The summed E-state index contributed by atoms with van der Waals surface area (Å²) in [5.74, 6) is 0.748. The molecule has 0 amide bonds. The lowest BCUT2D eigenvalue weighted by Gasteiger charge is -2.08. The molecule has 0 aliphatic carbocycles. The summed E-state index contributed by atoms with van der Waals surface area (Å²) in [5, 5.41) is 9.55. The van der Waals surface area contributed by atoms with Crippen LogP contribution in [-0.4, -0.2) is 11.3 Å². The Hall–Kier alpha value is -2.03. The van der Waals surface area contributed by atoms with Gasteiger partial charge in [-0.05, 0) is 35.9 Å². The first-order chi connectivity index (χ1) is 10.0. The van der Waals surface area contributed by atoms with Gasteiger partial charge in [-0.15, -0.1) is 0 Å². The van der Waals surface area contributed by atoms with E-state index in [-0.39, 0.29) is 5.75 Å². The molecule has 0 aromatic heterocycles. The summed E-state index contributed by atoms with van der Waals surface area (Å²) in [6.45, 7) is 0. The molecule has 0 bridgehead atoms. The number of ether oxygens (including phenoxy) is 1. The van der Waals surface area contributed by atoms with Gasteiger partial charge in [0, 0.05) is 10.7 Å². The molecule has 1 unspecified atom stereocenters. The zero-order valence-corrected chi connectivity index (χ0v) is 12.9. The molecule has 2 N–H and O–H groups in total. The Morgan fingerprint density at radius 3 is 2.76 bits per heavy atom. The van der Waals surface area contributed by atoms with Crippen molar-refractivity contribution in [2.45, 2.75) is 10.6 Å². The monoisotopic (exact) mass is 320 g/mol. The predicted octanol–water partition coefficient (Wildman–Crippen LogP) is 3.11. The van der Waals surface area contributed by atoms with Crippen LogP contribution in [0.4, 0.5) is 5.69 Å². The van der Waals surface area contributed by atoms with Crippen LogP contribution in [0.15, 0.2) is 41.3 Å². The number of nitrogen functional groups attached to an aromatic ring is 1. The molecule has 2 aromatic carbocycles. The minimum absolute atomic E-state index is 0.253. The van der Waals surface area contributed by atoms with E-state index < -0.39 is 10.8 Å². The lowest BCUT2D eigenvalue weighted by atomic mass is 10.1. The highest BCUT2D eigenvalue weighted by Crippen LogP contribution is 2.25. The Morgan fingerprint density at radius 2 is 2.10 bits per heavy atom. The molecule has 0 saturated carbocycles. The molecule has 21 heavy (non-hydrogen) atoms. The topological polar surface area (TPSA) is 76.1 Å². The third-order valence-corrected chi connectivity index (χ3v) is 4.58. The van der Waals surface area contributed by atoms with E-state index >= 15 is 0 Å². The molecule has 2 aromatic rings. The van der Waals surface area contributed by atoms with Crippen LogP contribution >= 0.6 is 11.6 Å². The molecule has 0 fully saturated rings. The van der Waals surface area contributed by atoms with Gasteiger partial charge in [0.25, 0.3) is 0 Å². The van der Waals surface area contributed by atoms with Crippen LogP contribution in [0.25, 0.3) is 0 Å². The molecule has 0 aliphatic rings. The summed E-state index contributed by atoms with van der Waals surface area (Å²) < 4.78 is 17.5. The first-order valence-corrected chi connectivity index (χ1v) is 7.75. The largest absolute Gasteiger partial charge is 0.495 e. The average Bonchev–Trinajstić information content (AvgIpc) is 2.49. The highest BCUT2D eigenvalue weighted by molar-refractivity contribution is 7.84. The van der Waals surface area contributed by atoms with Gasteiger partial charge in [-0.2, -0.15) is 5.26 Å². The second kappa shape index (κ2) is 6.61. The standard InChI is InChI=1S/C15H13ClN2O2S/c1-20-14-5-2-10(6-11(14)8-17)9-21(19)15-7-12(16)3-4-13(15)18/h2-7H,9,18H2,1H3. The van der Waals surface area contributed by atoms with Crippen LogP contribution < -0.4 is 10.5 Å². The molecule has 2 rings (SSSR count). The third-order valence-electron chi connectivity index (χ3n) is 2.90. The number of methoxy groups -OCH3 is 1. The molecular formula is C15H13ClN2O2S. The highest BCUT2D eigenvalue weighted by atomic mass is 35.5. The van der Waals surface area contributed by atoms with Gasteiger partial charge in [0.2, 0.25) is 0 Å². The van der Waals surface area contributed by atoms with E-state index in [2.05, 4.69) is 6.07 Å². The van der Waals surface area contributed by atoms with Gasteiger partial charge in [-0.1, -0.05) is 17.7 Å². The van der Waals surface area contributed by atoms with Crippen molar-refractivity contribution < 1.29 is 8.95 Å². The van der Waals surface area contributed by atoms with Crippen LogP contribution in [0.3, 0.4) is 0 Å². The van der Waals surface area contributed by atoms with Gasteiger partial charge in [0.15, 0.2) is 0 Å². The maximum absolute atomic E-state index is 12.4. The Balaban J connectivity index is 2.28. The predicted molar refractivity (Wildman–Crippen MR) is 83.7 cm³/mol. The first kappa shape index (κ1) is 15.4. The summed E-state index contributed by atoms with van der Waals surface area (Å²) in [5.41, 5.74) is 7.44. The minimum atomic E-state index is -1.33. The Labute approximate surface area is 130 Å². The number of halogens is 1. The summed E-state index contributed by atoms with van der Waals surface area (Å²) >= 11 is 5.90. The van der Waals surface area contributed by atoms with Crippen molar-refractivity contribution in [2.24, 2.45) is 0 Å².